The van der Waals surface area contributed by atoms with Gasteiger partial charge in [0.25, 0.3) is 0 Å². The number of rotatable bonds is 6. The number of nitrogens with one attached hydrogen (secondary N) is 1. The van der Waals surface area contributed by atoms with E-state index < -0.39 is 0 Å². The third-order valence-electron chi connectivity index (χ3n) is 4.86. The lowest BCUT2D eigenvalue weighted by atomic mass is 10.0. The summed E-state index contributed by atoms with van der Waals surface area (Å²) >= 11 is 0. The van der Waals surface area contributed by atoms with Gasteiger partial charge >= 0.3 is 0 Å². The lowest BCUT2D eigenvalue weighted by Gasteiger charge is -2.22. The molecule has 0 aromatic heterocycles. The fraction of sp³-hybridized carbons (Fsp3) is 0.400. The van der Waals surface area contributed by atoms with Crippen molar-refractivity contribution in [2.45, 2.75) is 51.7 Å². The van der Waals surface area contributed by atoms with Gasteiger partial charge in [0, 0.05) is 30.7 Å². The Balaban J connectivity index is 1.50. The predicted octanol–water partition coefficient (Wildman–Crippen LogP) is 4.10. The third kappa shape index (κ3) is 7.29. The zero-order valence-electron chi connectivity index (χ0n) is 17.2. The molecule has 2 unspecified atom stereocenters. The van der Waals surface area contributed by atoms with Crippen LogP contribution < -0.4 is 10.1 Å². The average Bonchev–Trinajstić information content (AvgIpc) is 2.73. The standard InChI is InChI=1S/C25H29NO3/c1-19(26-20(2)27)17-23-10-8-21(9-11-23)6-7-22-12-14-24(15-13-22)29-18-25-5-3-4-16-28-25/h8-15,19,25H,3-5,16-18H2,1-2H3,(H,26,27). The molecule has 2 aromatic carbocycles. The van der Waals surface area contributed by atoms with Crippen molar-refractivity contribution in [3.05, 3.63) is 65.2 Å². The van der Waals surface area contributed by atoms with Gasteiger partial charge in [0.15, 0.2) is 0 Å². The zero-order valence-corrected chi connectivity index (χ0v) is 17.2. The van der Waals surface area contributed by atoms with Gasteiger partial charge in [-0.15, -0.1) is 0 Å². The van der Waals surface area contributed by atoms with Gasteiger partial charge in [0.1, 0.15) is 12.4 Å². The Labute approximate surface area is 173 Å². The Morgan fingerprint density at radius 3 is 2.34 bits per heavy atom. The van der Waals surface area contributed by atoms with E-state index in [1.54, 1.807) is 6.92 Å². The number of benzene rings is 2. The van der Waals surface area contributed by atoms with Crippen molar-refractivity contribution >= 4 is 5.91 Å². The fourth-order valence-corrected chi connectivity index (χ4v) is 3.38. The molecule has 1 amide bonds. The van der Waals surface area contributed by atoms with E-state index in [1.165, 1.54) is 12.0 Å². The van der Waals surface area contributed by atoms with Gasteiger partial charge in [-0.3, -0.25) is 4.79 Å². The summed E-state index contributed by atoms with van der Waals surface area (Å²) in [5.41, 5.74) is 3.10. The van der Waals surface area contributed by atoms with Crippen molar-refractivity contribution in [1.29, 1.82) is 0 Å². The van der Waals surface area contributed by atoms with Crippen molar-refractivity contribution < 1.29 is 14.3 Å². The summed E-state index contributed by atoms with van der Waals surface area (Å²) in [6, 6.07) is 16.2. The number of ether oxygens (including phenoxy) is 2. The van der Waals surface area contributed by atoms with Crippen molar-refractivity contribution in [1.82, 2.24) is 5.32 Å². The molecule has 1 aliphatic rings. The number of hydrogen-bond donors (Lipinski definition) is 1. The summed E-state index contributed by atoms with van der Waals surface area (Å²) in [5, 5.41) is 2.90. The third-order valence-corrected chi connectivity index (χ3v) is 4.86. The molecule has 1 fully saturated rings. The van der Waals surface area contributed by atoms with E-state index in [1.807, 2.05) is 43.3 Å². The van der Waals surface area contributed by atoms with E-state index in [-0.39, 0.29) is 18.1 Å². The van der Waals surface area contributed by atoms with Gasteiger partial charge in [-0.25, -0.2) is 0 Å². The van der Waals surface area contributed by atoms with Crippen molar-refractivity contribution in [3.8, 4) is 17.6 Å². The van der Waals surface area contributed by atoms with Gasteiger partial charge in [0.2, 0.25) is 5.91 Å². The first kappa shape index (κ1) is 21.0. The van der Waals surface area contributed by atoms with Crippen LogP contribution in [0.25, 0.3) is 0 Å². The average molecular weight is 392 g/mol. The molecule has 1 heterocycles. The second-order valence-corrected chi connectivity index (χ2v) is 7.58. The van der Waals surface area contributed by atoms with E-state index >= 15 is 0 Å². The van der Waals surface area contributed by atoms with E-state index in [4.69, 9.17) is 9.47 Å². The lowest BCUT2D eigenvalue weighted by Crippen LogP contribution is -2.31. The first-order valence-corrected chi connectivity index (χ1v) is 10.3. The smallest absolute Gasteiger partial charge is 0.217 e. The monoisotopic (exact) mass is 391 g/mol. The molecule has 3 rings (SSSR count). The van der Waals surface area contributed by atoms with Gasteiger partial charge in [-0.05, 0) is 74.6 Å². The van der Waals surface area contributed by atoms with Crippen LogP contribution in [0.1, 0.15) is 49.8 Å². The van der Waals surface area contributed by atoms with Gasteiger partial charge in [-0.1, -0.05) is 24.0 Å². The van der Waals surface area contributed by atoms with E-state index in [0.717, 1.165) is 42.7 Å². The topological polar surface area (TPSA) is 47.6 Å². The molecule has 0 saturated carbocycles. The Morgan fingerprint density at radius 1 is 1.10 bits per heavy atom. The maximum atomic E-state index is 11.1. The highest BCUT2D eigenvalue weighted by atomic mass is 16.5. The number of carbonyl (C=O) groups excluding carboxylic acids is 1. The summed E-state index contributed by atoms with van der Waals surface area (Å²) < 4.78 is 11.5. The highest BCUT2D eigenvalue weighted by Gasteiger charge is 2.14. The molecule has 1 N–H and O–H groups in total. The minimum Gasteiger partial charge on any atom is -0.491 e. The second-order valence-electron chi connectivity index (χ2n) is 7.58. The Kier molecular flexibility index (Phi) is 7.72. The molecule has 0 radical (unpaired) electrons. The van der Waals surface area contributed by atoms with Crippen molar-refractivity contribution in [2.75, 3.05) is 13.2 Å². The molecule has 4 nitrogen and oxygen atoms in total. The molecule has 2 aromatic rings. The first-order chi connectivity index (χ1) is 14.1. The summed E-state index contributed by atoms with van der Waals surface area (Å²) in [5.74, 6) is 7.24. The molecule has 2 atom stereocenters. The number of amides is 1. The fourth-order valence-electron chi connectivity index (χ4n) is 3.38. The minimum atomic E-state index is -0.00118. The lowest BCUT2D eigenvalue weighted by molar-refractivity contribution is -0.119. The molecule has 0 aliphatic carbocycles. The zero-order chi connectivity index (χ0) is 20.5. The molecule has 152 valence electrons. The first-order valence-electron chi connectivity index (χ1n) is 10.3. The SMILES string of the molecule is CC(=O)NC(C)Cc1ccc(C#Cc2ccc(OCC3CCCCO3)cc2)cc1. The highest BCUT2D eigenvalue weighted by Crippen LogP contribution is 2.16. The minimum absolute atomic E-state index is 0.00118. The number of carbonyl (C=O) groups is 1. The maximum absolute atomic E-state index is 11.1. The van der Waals surface area contributed by atoms with Crippen LogP contribution in [0.5, 0.6) is 5.75 Å². The van der Waals surface area contributed by atoms with E-state index in [2.05, 4.69) is 29.3 Å². The maximum Gasteiger partial charge on any atom is 0.217 e. The highest BCUT2D eigenvalue weighted by molar-refractivity contribution is 5.73. The molecule has 0 spiro atoms. The van der Waals surface area contributed by atoms with E-state index in [9.17, 15) is 4.79 Å². The molecule has 4 heteroatoms. The molecule has 1 aliphatic heterocycles. The normalized spacial score (nSPS) is 17.0. The molecular formula is C25H29NO3. The van der Waals surface area contributed by atoms with Crippen LogP contribution in [0.3, 0.4) is 0 Å². The molecule has 1 saturated heterocycles. The van der Waals surface area contributed by atoms with Crippen molar-refractivity contribution in [3.63, 3.8) is 0 Å². The summed E-state index contributed by atoms with van der Waals surface area (Å²) in [6.45, 7) is 5.00. The quantitative estimate of drug-likeness (QED) is 0.754. The van der Waals surface area contributed by atoms with Crippen LogP contribution in [-0.4, -0.2) is 31.3 Å². The van der Waals surface area contributed by atoms with Crippen LogP contribution in [0, 0.1) is 11.8 Å². The van der Waals surface area contributed by atoms with Crippen LogP contribution in [-0.2, 0) is 16.0 Å². The Hall–Kier alpha value is -2.77. The molecular weight excluding hydrogens is 362 g/mol. The Morgan fingerprint density at radius 2 is 1.76 bits per heavy atom. The largest absolute Gasteiger partial charge is 0.491 e. The van der Waals surface area contributed by atoms with Crippen LogP contribution in [0.2, 0.25) is 0 Å². The van der Waals surface area contributed by atoms with Gasteiger partial charge in [0.05, 0.1) is 6.10 Å². The molecule has 0 bridgehead atoms. The summed E-state index contributed by atoms with van der Waals surface area (Å²) in [7, 11) is 0. The summed E-state index contributed by atoms with van der Waals surface area (Å²) in [4.78, 5) is 11.1. The number of hydrogen-bond acceptors (Lipinski definition) is 3. The molecule has 29 heavy (non-hydrogen) atoms. The summed E-state index contributed by atoms with van der Waals surface area (Å²) in [6.07, 6.45) is 4.47. The predicted molar refractivity (Wildman–Crippen MR) is 115 cm³/mol. The van der Waals surface area contributed by atoms with E-state index in [0.29, 0.717) is 6.61 Å². The van der Waals surface area contributed by atoms with Crippen molar-refractivity contribution in [2.24, 2.45) is 0 Å². The van der Waals surface area contributed by atoms with Crippen LogP contribution in [0.15, 0.2) is 48.5 Å². The van der Waals surface area contributed by atoms with Gasteiger partial charge < -0.3 is 14.8 Å². The van der Waals surface area contributed by atoms with Crippen LogP contribution in [0.4, 0.5) is 0 Å². The van der Waals surface area contributed by atoms with Gasteiger partial charge in [-0.2, -0.15) is 0 Å². The van der Waals surface area contributed by atoms with Crippen LogP contribution >= 0.6 is 0 Å². The second kappa shape index (κ2) is 10.7. The Bertz CT molecular complexity index is 840.